The molecule has 4 heteroatoms. The van der Waals surface area contributed by atoms with Gasteiger partial charge >= 0.3 is 0 Å². The lowest BCUT2D eigenvalue weighted by molar-refractivity contribution is -0.123. The average molecular weight is 594 g/mol. The van der Waals surface area contributed by atoms with E-state index in [2.05, 4.69) is 31.3 Å². The number of allylic oxidation sites excluding steroid dienone is 2. The monoisotopic (exact) mass is 594 g/mol. The van der Waals surface area contributed by atoms with Crippen molar-refractivity contribution in [2.24, 2.45) is 0 Å². The molecular weight excluding hydrogens is 518 g/mol. The van der Waals surface area contributed by atoms with Crippen molar-refractivity contribution in [3.63, 3.8) is 0 Å². The van der Waals surface area contributed by atoms with Crippen LogP contribution in [-0.2, 0) is 4.79 Å². The zero-order chi connectivity index (χ0) is 30.8. The largest absolute Gasteiger partial charge is 0.394 e. The van der Waals surface area contributed by atoms with Crippen molar-refractivity contribution in [1.29, 1.82) is 0 Å². The second kappa shape index (κ2) is 34.6. The van der Waals surface area contributed by atoms with Crippen molar-refractivity contribution in [3.05, 3.63) is 12.2 Å². The van der Waals surface area contributed by atoms with Crippen LogP contribution in [0, 0.1) is 0 Å². The van der Waals surface area contributed by atoms with Crippen LogP contribution in [0.4, 0.5) is 0 Å². The highest BCUT2D eigenvalue weighted by atomic mass is 16.3. The SMILES string of the molecule is CCCCCCCC/C=C\CCCCCC(=O)NC(CO)C(O)CCCCCCCCCCCCCCCCCCC. The van der Waals surface area contributed by atoms with E-state index in [1.165, 1.54) is 141 Å². The summed E-state index contributed by atoms with van der Waals surface area (Å²) in [7, 11) is 0. The van der Waals surface area contributed by atoms with Crippen LogP contribution in [0.25, 0.3) is 0 Å². The van der Waals surface area contributed by atoms with Gasteiger partial charge in [0.2, 0.25) is 5.91 Å². The number of hydrogen-bond donors (Lipinski definition) is 3. The van der Waals surface area contributed by atoms with E-state index in [1.807, 2.05) is 0 Å². The van der Waals surface area contributed by atoms with Gasteiger partial charge in [0.25, 0.3) is 0 Å². The highest BCUT2D eigenvalue weighted by molar-refractivity contribution is 5.76. The minimum absolute atomic E-state index is 0.0471. The summed E-state index contributed by atoms with van der Waals surface area (Å²) in [5.74, 6) is -0.0471. The molecule has 0 radical (unpaired) electrons. The molecule has 250 valence electrons. The van der Waals surface area contributed by atoms with E-state index in [0.717, 1.165) is 38.5 Å². The molecule has 0 aromatic heterocycles. The van der Waals surface area contributed by atoms with Gasteiger partial charge in [-0.1, -0.05) is 174 Å². The Labute approximate surface area is 263 Å². The fourth-order valence-corrected chi connectivity index (χ4v) is 5.82. The van der Waals surface area contributed by atoms with Gasteiger partial charge in [-0.15, -0.1) is 0 Å². The Kier molecular flexibility index (Phi) is 33.9. The van der Waals surface area contributed by atoms with Gasteiger partial charge in [0.1, 0.15) is 0 Å². The first kappa shape index (κ1) is 41.1. The third kappa shape index (κ3) is 30.6. The van der Waals surface area contributed by atoms with Crippen molar-refractivity contribution in [2.75, 3.05) is 6.61 Å². The third-order valence-electron chi connectivity index (χ3n) is 8.78. The van der Waals surface area contributed by atoms with Crippen LogP contribution in [-0.4, -0.2) is 34.9 Å². The van der Waals surface area contributed by atoms with E-state index in [4.69, 9.17) is 0 Å². The number of rotatable bonds is 34. The molecule has 0 rings (SSSR count). The average Bonchev–Trinajstić information content (AvgIpc) is 2.99. The van der Waals surface area contributed by atoms with Crippen molar-refractivity contribution in [3.8, 4) is 0 Å². The second-order valence-corrected chi connectivity index (χ2v) is 13.0. The van der Waals surface area contributed by atoms with Crippen LogP contribution in [0.5, 0.6) is 0 Å². The van der Waals surface area contributed by atoms with Gasteiger partial charge in [-0.25, -0.2) is 0 Å². The van der Waals surface area contributed by atoms with E-state index < -0.39 is 12.1 Å². The van der Waals surface area contributed by atoms with E-state index in [9.17, 15) is 15.0 Å². The highest BCUT2D eigenvalue weighted by Crippen LogP contribution is 2.15. The topological polar surface area (TPSA) is 69.6 Å². The third-order valence-corrected chi connectivity index (χ3v) is 8.78. The van der Waals surface area contributed by atoms with Gasteiger partial charge in [-0.2, -0.15) is 0 Å². The molecule has 1 amide bonds. The Bertz CT molecular complexity index is 565. The van der Waals surface area contributed by atoms with Crippen molar-refractivity contribution < 1.29 is 15.0 Å². The normalized spacial score (nSPS) is 13.1. The Balaban J connectivity index is 3.55. The molecule has 2 unspecified atom stereocenters. The number of carbonyl (C=O) groups is 1. The predicted octanol–water partition coefficient (Wildman–Crippen LogP) is 11.1. The van der Waals surface area contributed by atoms with Gasteiger partial charge < -0.3 is 15.5 Å². The quantitative estimate of drug-likeness (QED) is 0.0513. The molecule has 0 aliphatic heterocycles. The first-order chi connectivity index (χ1) is 20.7. The van der Waals surface area contributed by atoms with Gasteiger partial charge in [0.15, 0.2) is 0 Å². The Hall–Kier alpha value is -0.870. The van der Waals surface area contributed by atoms with Crippen molar-refractivity contribution >= 4 is 5.91 Å². The lowest BCUT2D eigenvalue weighted by Crippen LogP contribution is -2.45. The smallest absolute Gasteiger partial charge is 0.220 e. The van der Waals surface area contributed by atoms with Crippen LogP contribution in [0.1, 0.15) is 206 Å². The molecule has 0 heterocycles. The first-order valence-electron chi connectivity index (χ1n) is 18.9. The zero-order valence-corrected chi connectivity index (χ0v) is 28.5. The van der Waals surface area contributed by atoms with Crippen LogP contribution in [0.2, 0.25) is 0 Å². The van der Waals surface area contributed by atoms with E-state index >= 15 is 0 Å². The van der Waals surface area contributed by atoms with Crippen LogP contribution >= 0.6 is 0 Å². The molecule has 0 spiro atoms. The summed E-state index contributed by atoms with van der Waals surface area (Å²) in [6.07, 6.45) is 41.2. The summed E-state index contributed by atoms with van der Waals surface area (Å²) in [5, 5.41) is 23.0. The molecule has 0 bridgehead atoms. The lowest BCUT2D eigenvalue weighted by atomic mass is 10.0. The Morgan fingerprint density at radius 2 is 0.905 bits per heavy atom. The van der Waals surface area contributed by atoms with Gasteiger partial charge in [0, 0.05) is 6.42 Å². The van der Waals surface area contributed by atoms with Crippen LogP contribution < -0.4 is 5.32 Å². The summed E-state index contributed by atoms with van der Waals surface area (Å²) >= 11 is 0. The maximum absolute atomic E-state index is 12.3. The highest BCUT2D eigenvalue weighted by Gasteiger charge is 2.19. The molecule has 0 aliphatic carbocycles. The van der Waals surface area contributed by atoms with Gasteiger partial charge in [0.05, 0.1) is 18.8 Å². The molecule has 0 aliphatic rings. The predicted molar refractivity (Wildman–Crippen MR) is 184 cm³/mol. The number of nitrogens with one attached hydrogen (secondary N) is 1. The van der Waals surface area contributed by atoms with Crippen LogP contribution in [0.15, 0.2) is 12.2 Å². The summed E-state index contributed by atoms with van der Waals surface area (Å²) in [6, 6.07) is -0.538. The molecule has 0 saturated carbocycles. The van der Waals surface area contributed by atoms with Crippen LogP contribution in [0.3, 0.4) is 0 Å². The lowest BCUT2D eigenvalue weighted by Gasteiger charge is -2.22. The minimum Gasteiger partial charge on any atom is -0.394 e. The van der Waals surface area contributed by atoms with Gasteiger partial charge in [-0.3, -0.25) is 4.79 Å². The second-order valence-electron chi connectivity index (χ2n) is 13.0. The molecule has 0 saturated heterocycles. The molecule has 0 aromatic rings. The van der Waals surface area contributed by atoms with Crippen molar-refractivity contribution in [2.45, 2.75) is 219 Å². The summed E-state index contributed by atoms with van der Waals surface area (Å²) in [5.41, 5.74) is 0. The standard InChI is InChI=1S/C38H75NO3/c1-3-5-7-9-11-13-15-17-18-19-20-22-23-25-27-29-31-33-37(41)36(35-40)39-38(42)34-32-30-28-26-24-21-16-14-12-10-8-6-4-2/h21,24,36-37,40-41H,3-20,22-23,25-35H2,1-2H3,(H,39,42)/b24-21-. The fourth-order valence-electron chi connectivity index (χ4n) is 5.82. The number of aliphatic hydroxyl groups excluding tert-OH is 2. The van der Waals surface area contributed by atoms with E-state index in [0.29, 0.717) is 12.8 Å². The zero-order valence-electron chi connectivity index (χ0n) is 28.5. The molecule has 4 nitrogen and oxygen atoms in total. The maximum atomic E-state index is 12.3. The number of hydrogen-bond acceptors (Lipinski definition) is 3. The fraction of sp³-hybridized carbons (Fsp3) is 0.921. The number of carbonyl (C=O) groups excluding carboxylic acids is 1. The summed E-state index contributed by atoms with van der Waals surface area (Å²) in [4.78, 5) is 12.3. The molecule has 42 heavy (non-hydrogen) atoms. The molecule has 2 atom stereocenters. The molecule has 3 N–H and O–H groups in total. The molecule has 0 aromatic carbocycles. The molecule has 0 fully saturated rings. The van der Waals surface area contributed by atoms with E-state index in [-0.39, 0.29) is 12.5 Å². The maximum Gasteiger partial charge on any atom is 0.220 e. The minimum atomic E-state index is -0.660. The van der Waals surface area contributed by atoms with E-state index in [1.54, 1.807) is 0 Å². The Morgan fingerprint density at radius 3 is 1.31 bits per heavy atom. The number of aliphatic hydroxyl groups is 2. The molecular formula is C38H75NO3. The summed E-state index contributed by atoms with van der Waals surface area (Å²) < 4.78 is 0. The first-order valence-corrected chi connectivity index (χ1v) is 18.9. The number of amides is 1. The van der Waals surface area contributed by atoms with Crippen molar-refractivity contribution in [1.82, 2.24) is 5.32 Å². The van der Waals surface area contributed by atoms with Gasteiger partial charge in [-0.05, 0) is 38.5 Å². The summed E-state index contributed by atoms with van der Waals surface area (Å²) in [6.45, 7) is 4.34. The Morgan fingerprint density at radius 1 is 0.548 bits per heavy atom. The number of unbranched alkanes of at least 4 members (excludes halogenated alkanes) is 25.